The highest BCUT2D eigenvalue weighted by Crippen LogP contribution is 2.53. The highest BCUT2D eigenvalue weighted by atomic mass is 16.3. The van der Waals surface area contributed by atoms with Crippen LogP contribution in [0.2, 0.25) is 0 Å². The van der Waals surface area contributed by atoms with E-state index in [1.165, 1.54) is 65.2 Å². The van der Waals surface area contributed by atoms with E-state index in [1.54, 1.807) is 0 Å². The Kier molecular flexibility index (Phi) is 9.65. The van der Waals surface area contributed by atoms with Gasteiger partial charge in [0.25, 0.3) is 0 Å². The van der Waals surface area contributed by atoms with Crippen molar-refractivity contribution in [3.05, 3.63) is 278 Å². The van der Waals surface area contributed by atoms with Gasteiger partial charge in [0.2, 0.25) is 0 Å². The molecule has 0 spiro atoms. The minimum atomic E-state index is 0.864. The van der Waals surface area contributed by atoms with E-state index >= 15 is 0 Å². The molecular formula is C80H50N4O2. The van der Waals surface area contributed by atoms with Gasteiger partial charge in [0, 0.05) is 87.1 Å². The van der Waals surface area contributed by atoms with Crippen LogP contribution in [0.1, 0.15) is 11.1 Å². The van der Waals surface area contributed by atoms with Crippen LogP contribution in [-0.2, 0) is 0 Å². The first-order chi connectivity index (χ1) is 42.6. The van der Waals surface area contributed by atoms with Gasteiger partial charge in [-0.1, -0.05) is 206 Å². The summed E-state index contributed by atoms with van der Waals surface area (Å²) >= 11 is 0. The summed E-state index contributed by atoms with van der Waals surface area (Å²) in [4.78, 5) is 4.89. The summed E-state index contributed by atoms with van der Waals surface area (Å²) in [6.07, 6.45) is 0. The average Bonchev–Trinajstić information content (AvgIpc) is 1.74. The second-order valence-electron chi connectivity index (χ2n) is 23.2. The van der Waals surface area contributed by atoms with Crippen LogP contribution in [0.25, 0.3) is 142 Å². The Morgan fingerprint density at radius 2 is 0.640 bits per heavy atom. The minimum absolute atomic E-state index is 0.864. The molecule has 6 heterocycles. The van der Waals surface area contributed by atoms with Crippen LogP contribution in [0, 0.1) is 13.8 Å². The van der Waals surface area contributed by atoms with Gasteiger partial charge in [0.05, 0.1) is 55.8 Å². The molecule has 0 aliphatic rings. The smallest absolute Gasteiger partial charge is 0.159 e. The molecule has 402 valence electrons. The Morgan fingerprint density at radius 1 is 0.279 bits per heavy atom. The number of aromatic nitrogens is 2. The number of hydrogen-bond donors (Lipinski definition) is 0. The van der Waals surface area contributed by atoms with Gasteiger partial charge in [-0.3, -0.25) is 0 Å². The molecule has 0 amide bonds. The number of benzene rings is 13. The largest absolute Gasteiger partial charge is 0.453 e. The monoisotopic (exact) mass is 1100 g/mol. The van der Waals surface area contributed by atoms with Gasteiger partial charge in [-0.05, 0) is 96.8 Å². The zero-order valence-electron chi connectivity index (χ0n) is 47.0. The maximum Gasteiger partial charge on any atom is 0.159 e. The summed E-state index contributed by atoms with van der Waals surface area (Å²) in [6.45, 7) is 4.42. The van der Waals surface area contributed by atoms with Crippen molar-refractivity contribution in [1.82, 2.24) is 8.80 Å². The average molecular weight is 1100 g/mol. The van der Waals surface area contributed by atoms with Crippen molar-refractivity contribution in [2.45, 2.75) is 13.8 Å². The summed E-state index contributed by atoms with van der Waals surface area (Å²) in [6, 6.07) is 97.1. The van der Waals surface area contributed by atoms with Crippen molar-refractivity contribution in [3.8, 4) is 22.3 Å². The van der Waals surface area contributed by atoms with Crippen LogP contribution >= 0.6 is 0 Å². The number of aryl methyl sites for hydroxylation is 2. The molecule has 6 nitrogen and oxygen atoms in total. The van der Waals surface area contributed by atoms with E-state index in [9.17, 15) is 0 Å². The zero-order valence-corrected chi connectivity index (χ0v) is 47.0. The number of rotatable bonds is 8. The van der Waals surface area contributed by atoms with E-state index in [-0.39, 0.29) is 0 Å². The molecule has 0 saturated heterocycles. The second kappa shape index (κ2) is 17.6. The minimum Gasteiger partial charge on any atom is -0.453 e. The number of para-hydroxylation sites is 6. The number of hydrogen-bond acceptors (Lipinski definition) is 4. The Morgan fingerprint density at radius 3 is 1.07 bits per heavy atom. The molecule has 0 atom stereocenters. The molecule has 6 heteroatoms. The first kappa shape index (κ1) is 47.2. The molecule has 13 aromatic carbocycles. The molecule has 0 unspecified atom stereocenters. The summed E-state index contributed by atoms with van der Waals surface area (Å²) in [5.74, 6) is 0. The Balaban J connectivity index is 0.836. The molecule has 0 aliphatic carbocycles. The molecule has 86 heavy (non-hydrogen) atoms. The predicted molar refractivity (Wildman–Crippen MR) is 360 cm³/mol. The molecule has 19 rings (SSSR count). The quantitative estimate of drug-likeness (QED) is 0.152. The summed E-state index contributed by atoms with van der Waals surface area (Å²) < 4.78 is 19.5. The number of nitrogens with zero attached hydrogens (tertiary/aromatic N) is 4. The SMILES string of the molecule is Cc1ccc2c(oc3c(-c4ccccc4)cccc32)c1N(c1ccccc1)c1cccc2c1c1cccc3c4cc5c(cc4n2c31)c1cccc2c3c(N(c4ccccc4)c4c(C)ccc6c4oc4c(-c7ccccc7)cccc46)cccc3n5c12. The van der Waals surface area contributed by atoms with Gasteiger partial charge >= 0.3 is 0 Å². The fraction of sp³-hybridized carbons (Fsp3) is 0.0250. The zero-order chi connectivity index (χ0) is 56.5. The lowest BCUT2D eigenvalue weighted by Gasteiger charge is -2.28. The number of fused-ring (bicyclic) bond motifs is 18. The van der Waals surface area contributed by atoms with Gasteiger partial charge in [0.15, 0.2) is 11.2 Å². The highest BCUT2D eigenvalue weighted by Gasteiger charge is 2.30. The van der Waals surface area contributed by atoms with Crippen LogP contribution < -0.4 is 9.80 Å². The van der Waals surface area contributed by atoms with E-state index in [4.69, 9.17) is 8.83 Å². The van der Waals surface area contributed by atoms with E-state index in [1.807, 2.05) is 0 Å². The van der Waals surface area contributed by atoms with Gasteiger partial charge in [0.1, 0.15) is 11.2 Å². The highest BCUT2D eigenvalue weighted by molar-refractivity contribution is 6.32. The van der Waals surface area contributed by atoms with E-state index in [2.05, 4.69) is 299 Å². The van der Waals surface area contributed by atoms with Crippen molar-refractivity contribution in [2.75, 3.05) is 9.80 Å². The van der Waals surface area contributed by atoms with E-state index < -0.39 is 0 Å². The molecule has 0 radical (unpaired) electrons. The summed E-state index contributed by atoms with van der Waals surface area (Å²) in [5, 5.41) is 14.1. The second-order valence-corrected chi connectivity index (χ2v) is 23.2. The van der Waals surface area contributed by atoms with E-state index in [0.29, 0.717) is 0 Å². The molecule has 19 aromatic rings. The first-order valence-corrected chi connectivity index (χ1v) is 29.6. The van der Waals surface area contributed by atoms with Crippen molar-refractivity contribution >= 4 is 154 Å². The molecule has 6 aromatic heterocycles. The summed E-state index contributed by atoms with van der Waals surface area (Å²) in [5.41, 5.74) is 23.7. The van der Waals surface area contributed by atoms with Crippen LogP contribution in [0.15, 0.2) is 276 Å². The van der Waals surface area contributed by atoms with Crippen molar-refractivity contribution in [1.29, 1.82) is 0 Å². The fourth-order valence-corrected chi connectivity index (χ4v) is 14.9. The third kappa shape index (κ3) is 6.34. The van der Waals surface area contributed by atoms with Crippen molar-refractivity contribution < 1.29 is 8.83 Å². The Labute approximate surface area is 493 Å². The maximum atomic E-state index is 7.22. The van der Waals surface area contributed by atoms with Crippen LogP contribution in [-0.4, -0.2) is 8.80 Å². The third-order valence-electron chi connectivity index (χ3n) is 18.6. The van der Waals surface area contributed by atoms with Gasteiger partial charge in [-0.2, -0.15) is 0 Å². The molecule has 0 aliphatic heterocycles. The number of anilines is 6. The molecule has 0 bridgehead atoms. The maximum absolute atomic E-state index is 7.22. The van der Waals surface area contributed by atoms with Gasteiger partial charge in [-0.15, -0.1) is 0 Å². The Hall–Kier alpha value is -11.3. The summed E-state index contributed by atoms with van der Waals surface area (Å²) in [7, 11) is 0. The Bertz CT molecular complexity index is 5610. The topological polar surface area (TPSA) is 41.6 Å². The molecule has 0 saturated carbocycles. The van der Waals surface area contributed by atoms with Gasteiger partial charge < -0.3 is 27.4 Å². The van der Waals surface area contributed by atoms with Crippen molar-refractivity contribution in [3.63, 3.8) is 0 Å². The molecule has 0 N–H and O–H groups in total. The normalized spacial score (nSPS) is 12.3. The van der Waals surface area contributed by atoms with Gasteiger partial charge in [-0.25, -0.2) is 0 Å². The van der Waals surface area contributed by atoms with Crippen LogP contribution in [0.3, 0.4) is 0 Å². The lowest BCUT2D eigenvalue weighted by Crippen LogP contribution is -2.12. The standard InChI is InChI=1S/C80H50N4O2/c1-47-41-43-59-57-33-15-29-53(49-21-7-3-8-22-49)77(57)85-79(59)73(47)81(51-25-11-5-12-26-51)65-37-19-39-67-71(65)61-35-17-31-55-63-46-70-64(45-69(63)83(67)75(55)61)56-32-18-36-62-72-66(38-20-40-68(72)84(70)76(56)62)82(52-27-13-6-14-28-52)74-48(2)42-44-60-58-34-16-30-54(78(58)86-80(60)74)50-23-9-4-10-24-50/h3-46H,1-2H3. The lowest BCUT2D eigenvalue weighted by molar-refractivity contribution is 0.669. The van der Waals surface area contributed by atoms with Crippen LogP contribution in [0.5, 0.6) is 0 Å². The third-order valence-corrected chi connectivity index (χ3v) is 18.6. The number of furan rings is 2. The van der Waals surface area contributed by atoms with Crippen LogP contribution in [0.4, 0.5) is 34.1 Å². The molecular weight excluding hydrogens is 1050 g/mol. The fourth-order valence-electron chi connectivity index (χ4n) is 14.9. The lowest BCUT2D eigenvalue weighted by atomic mass is 10.0. The molecule has 0 fully saturated rings. The first-order valence-electron chi connectivity index (χ1n) is 29.6. The van der Waals surface area contributed by atoms with E-state index in [0.717, 1.165) is 122 Å². The predicted octanol–water partition coefficient (Wildman–Crippen LogP) is 22.7. The van der Waals surface area contributed by atoms with Crippen molar-refractivity contribution in [2.24, 2.45) is 0 Å².